The fourth-order valence-electron chi connectivity index (χ4n) is 2.77. The van der Waals surface area contributed by atoms with Crippen molar-refractivity contribution in [1.29, 1.82) is 0 Å². The molecule has 0 atom stereocenters. The van der Waals surface area contributed by atoms with E-state index in [1.54, 1.807) is 28.4 Å². The minimum Gasteiger partial charge on any atom is -0.342 e. The topological polar surface area (TPSA) is 71.3 Å². The molecular weight excluding hydrogens is 326 g/mol. The van der Waals surface area contributed by atoms with Crippen molar-refractivity contribution in [3.8, 4) is 0 Å². The van der Waals surface area contributed by atoms with Crippen LogP contribution >= 0.6 is 11.3 Å². The van der Waals surface area contributed by atoms with Crippen molar-refractivity contribution < 1.29 is 9.59 Å². The standard InChI is InChI=1S/C16H21N5O2S/c1-4-19(3)15(22)12-8-17-21-7-5-6-20(9-14(12)21)16(23)13-10-24-11(2)18-13/h8,10H,4-7,9H2,1-3H3. The van der Waals surface area contributed by atoms with Crippen LogP contribution in [0.25, 0.3) is 0 Å². The zero-order chi connectivity index (χ0) is 17.3. The summed E-state index contributed by atoms with van der Waals surface area (Å²) >= 11 is 1.47. The summed E-state index contributed by atoms with van der Waals surface area (Å²) in [6, 6.07) is 0. The maximum atomic E-state index is 12.7. The Morgan fingerprint density at radius 2 is 2.17 bits per heavy atom. The quantitative estimate of drug-likeness (QED) is 0.849. The number of hydrogen-bond acceptors (Lipinski definition) is 5. The van der Waals surface area contributed by atoms with Crippen LogP contribution in [0.4, 0.5) is 0 Å². The van der Waals surface area contributed by atoms with Gasteiger partial charge in [-0.25, -0.2) is 4.98 Å². The van der Waals surface area contributed by atoms with Gasteiger partial charge in [-0.2, -0.15) is 5.10 Å². The molecule has 2 aromatic rings. The smallest absolute Gasteiger partial charge is 0.273 e. The number of carbonyl (C=O) groups is 2. The predicted octanol–water partition coefficient (Wildman–Crippen LogP) is 1.79. The van der Waals surface area contributed by atoms with Crippen LogP contribution in [-0.4, -0.2) is 56.5 Å². The van der Waals surface area contributed by atoms with Crippen molar-refractivity contribution in [3.63, 3.8) is 0 Å². The van der Waals surface area contributed by atoms with Crippen LogP contribution in [0.5, 0.6) is 0 Å². The Labute approximate surface area is 144 Å². The second-order valence-electron chi connectivity index (χ2n) is 5.88. The molecule has 7 nitrogen and oxygen atoms in total. The Kier molecular flexibility index (Phi) is 4.66. The summed E-state index contributed by atoms with van der Waals surface area (Å²) in [5.41, 5.74) is 1.86. The number of hydrogen-bond donors (Lipinski definition) is 0. The first-order chi connectivity index (χ1) is 11.5. The van der Waals surface area contributed by atoms with E-state index in [9.17, 15) is 9.59 Å². The van der Waals surface area contributed by atoms with Crippen molar-refractivity contribution >= 4 is 23.2 Å². The third-order valence-corrected chi connectivity index (χ3v) is 5.04. The van der Waals surface area contributed by atoms with Crippen molar-refractivity contribution in [3.05, 3.63) is 33.5 Å². The number of nitrogens with zero attached hydrogens (tertiary/aromatic N) is 5. The Bertz CT molecular complexity index is 766. The van der Waals surface area contributed by atoms with Crippen LogP contribution < -0.4 is 0 Å². The molecule has 2 aromatic heterocycles. The SMILES string of the molecule is CCN(C)C(=O)c1cnn2c1CN(C(=O)c1csc(C)n1)CCC2. The van der Waals surface area contributed by atoms with Gasteiger partial charge >= 0.3 is 0 Å². The molecule has 3 heterocycles. The van der Waals surface area contributed by atoms with Crippen LogP contribution in [0, 0.1) is 6.92 Å². The molecule has 24 heavy (non-hydrogen) atoms. The van der Waals surface area contributed by atoms with E-state index in [1.807, 2.05) is 18.5 Å². The van der Waals surface area contributed by atoms with E-state index in [-0.39, 0.29) is 11.8 Å². The molecule has 8 heteroatoms. The minimum absolute atomic E-state index is 0.0578. The monoisotopic (exact) mass is 347 g/mol. The van der Waals surface area contributed by atoms with Crippen molar-refractivity contribution in [2.75, 3.05) is 20.1 Å². The van der Waals surface area contributed by atoms with E-state index in [1.165, 1.54) is 11.3 Å². The van der Waals surface area contributed by atoms with Gasteiger partial charge in [0.15, 0.2) is 0 Å². The Hall–Kier alpha value is -2.22. The Morgan fingerprint density at radius 1 is 1.38 bits per heavy atom. The lowest BCUT2D eigenvalue weighted by molar-refractivity contribution is 0.0732. The highest BCUT2D eigenvalue weighted by Gasteiger charge is 2.27. The lowest BCUT2D eigenvalue weighted by Gasteiger charge is -2.20. The van der Waals surface area contributed by atoms with Gasteiger partial charge in [-0.05, 0) is 20.3 Å². The Balaban J connectivity index is 1.88. The third kappa shape index (κ3) is 3.06. The second-order valence-corrected chi connectivity index (χ2v) is 6.94. The fourth-order valence-corrected chi connectivity index (χ4v) is 3.35. The fraction of sp³-hybridized carbons (Fsp3) is 0.500. The van der Waals surface area contributed by atoms with Gasteiger partial charge in [0.1, 0.15) is 5.69 Å². The highest BCUT2D eigenvalue weighted by atomic mass is 32.1. The first-order valence-electron chi connectivity index (χ1n) is 8.02. The molecule has 128 valence electrons. The Morgan fingerprint density at radius 3 is 2.83 bits per heavy atom. The molecule has 3 rings (SSSR count). The van der Waals surface area contributed by atoms with E-state index in [2.05, 4.69) is 10.1 Å². The highest BCUT2D eigenvalue weighted by Crippen LogP contribution is 2.20. The number of rotatable bonds is 3. The van der Waals surface area contributed by atoms with Gasteiger partial charge in [-0.3, -0.25) is 14.3 Å². The molecule has 0 radical (unpaired) electrons. The molecule has 2 amide bonds. The molecular formula is C16H21N5O2S. The molecule has 0 bridgehead atoms. The number of fused-ring (bicyclic) bond motifs is 1. The number of amides is 2. The first kappa shape index (κ1) is 16.6. The van der Waals surface area contributed by atoms with Gasteiger partial charge < -0.3 is 9.80 Å². The lowest BCUT2D eigenvalue weighted by Crippen LogP contribution is -2.32. The molecule has 0 saturated heterocycles. The number of carbonyl (C=O) groups excluding carboxylic acids is 2. The van der Waals surface area contributed by atoms with Crippen molar-refractivity contribution in [2.24, 2.45) is 0 Å². The van der Waals surface area contributed by atoms with E-state index in [0.29, 0.717) is 37.4 Å². The molecule has 0 spiro atoms. The third-order valence-electron chi connectivity index (χ3n) is 4.26. The van der Waals surface area contributed by atoms with Gasteiger partial charge in [0.2, 0.25) is 0 Å². The lowest BCUT2D eigenvalue weighted by atomic mass is 10.2. The van der Waals surface area contributed by atoms with Gasteiger partial charge in [-0.15, -0.1) is 11.3 Å². The van der Waals surface area contributed by atoms with Crippen molar-refractivity contribution in [1.82, 2.24) is 24.6 Å². The van der Waals surface area contributed by atoms with Gasteiger partial charge in [0.05, 0.1) is 29.0 Å². The van der Waals surface area contributed by atoms with Gasteiger partial charge in [0, 0.05) is 32.1 Å². The molecule has 0 saturated carbocycles. The molecule has 1 aliphatic heterocycles. The highest BCUT2D eigenvalue weighted by molar-refractivity contribution is 7.09. The van der Waals surface area contributed by atoms with Gasteiger partial charge in [-0.1, -0.05) is 0 Å². The minimum atomic E-state index is -0.0868. The summed E-state index contributed by atoms with van der Waals surface area (Å²) in [6.07, 6.45) is 2.42. The predicted molar refractivity (Wildman–Crippen MR) is 91.1 cm³/mol. The van der Waals surface area contributed by atoms with Crippen LogP contribution in [0.15, 0.2) is 11.6 Å². The average molecular weight is 347 g/mol. The van der Waals surface area contributed by atoms with Crippen LogP contribution in [0.2, 0.25) is 0 Å². The van der Waals surface area contributed by atoms with E-state index < -0.39 is 0 Å². The normalized spacial score (nSPS) is 14.2. The summed E-state index contributed by atoms with van der Waals surface area (Å²) in [4.78, 5) is 32.9. The molecule has 0 N–H and O–H groups in total. The maximum absolute atomic E-state index is 12.7. The molecule has 0 fully saturated rings. The van der Waals surface area contributed by atoms with Crippen LogP contribution in [-0.2, 0) is 13.1 Å². The van der Waals surface area contributed by atoms with Gasteiger partial charge in [0.25, 0.3) is 11.8 Å². The summed E-state index contributed by atoms with van der Waals surface area (Å²) < 4.78 is 1.84. The number of aromatic nitrogens is 3. The molecule has 1 aliphatic rings. The molecule has 0 unspecified atom stereocenters. The van der Waals surface area contributed by atoms with E-state index in [4.69, 9.17) is 0 Å². The zero-order valence-electron chi connectivity index (χ0n) is 14.2. The molecule has 0 aliphatic carbocycles. The largest absolute Gasteiger partial charge is 0.342 e. The first-order valence-corrected chi connectivity index (χ1v) is 8.90. The van der Waals surface area contributed by atoms with Crippen molar-refractivity contribution in [2.45, 2.75) is 33.4 Å². The molecule has 0 aromatic carbocycles. The number of thiazole rings is 1. The van der Waals surface area contributed by atoms with Crippen LogP contribution in [0.1, 0.15) is 44.9 Å². The summed E-state index contributed by atoms with van der Waals surface area (Å²) in [6.45, 7) is 6.17. The zero-order valence-corrected chi connectivity index (χ0v) is 15.0. The van der Waals surface area contributed by atoms with E-state index >= 15 is 0 Å². The van der Waals surface area contributed by atoms with Crippen LogP contribution in [0.3, 0.4) is 0 Å². The maximum Gasteiger partial charge on any atom is 0.273 e. The summed E-state index contributed by atoms with van der Waals surface area (Å²) in [5, 5.41) is 7.00. The summed E-state index contributed by atoms with van der Waals surface area (Å²) in [5.74, 6) is -0.145. The average Bonchev–Trinajstić information content (AvgIpc) is 3.13. The summed E-state index contributed by atoms with van der Waals surface area (Å²) in [7, 11) is 1.77. The second kappa shape index (κ2) is 6.72. The van der Waals surface area contributed by atoms with E-state index in [0.717, 1.165) is 17.1 Å². The number of aryl methyl sites for hydroxylation is 2.